The monoisotopic (exact) mass is 323 g/mol. The summed E-state index contributed by atoms with van der Waals surface area (Å²) in [5.74, 6) is 0. The summed E-state index contributed by atoms with van der Waals surface area (Å²) in [7, 11) is 4.78. The lowest BCUT2D eigenvalue weighted by Gasteiger charge is -2.17. The van der Waals surface area contributed by atoms with Crippen molar-refractivity contribution < 1.29 is 4.74 Å². The maximum absolute atomic E-state index is 12.3. The van der Waals surface area contributed by atoms with E-state index in [1.807, 2.05) is 0 Å². The molecule has 0 N–H and O–H groups in total. The SMILES string of the molecule is CCN(CC)CCCOc1nc2c(c(=O)n(C)c(=O)n2C)n1C. The van der Waals surface area contributed by atoms with Gasteiger partial charge < -0.3 is 9.64 Å². The van der Waals surface area contributed by atoms with Crippen molar-refractivity contribution in [2.24, 2.45) is 21.1 Å². The van der Waals surface area contributed by atoms with Crippen molar-refractivity contribution in [3.05, 3.63) is 20.8 Å². The first-order valence-electron chi connectivity index (χ1n) is 7.89. The Hall–Kier alpha value is -2.09. The second kappa shape index (κ2) is 6.99. The summed E-state index contributed by atoms with van der Waals surface area (Å²) in [4.78, 5) is 30.8. The van der Waals surface area contributed by atoms with E-state index in [1.165, 1.54) is 11.6 Å². The number of nitrogens with zero attached hydrogens (tertiary/aromatic N) is 5. The van der Waals surface area contributed by atoms with Gasteiger partial charge in [-0.15, -0.1) is 0 Å². The van der Waals surface area contributed by atoms with Crippen molar-refractivity contribution in [3.8, 4) is 6.01 Å². The lowest BCUT2D eigenvalue weighted by molar-refractivity contribution is 0.235. The van der Waals surface area contributed by atoms with Gasteiger partial charge in [0.05, 0.1) is 6.61 Å². The quantitative estimate of drug-likeness (QED) is 0.675. The fourth-order valence-corrected chi connectivity index (χ4v) is 2.62. The molecule has 0 saturated carbocycles. The molecule has 0 unspecified atom stereocenters. The summed E-state index contributed by atoms with van der Waals surface area (Å²) in [5.41, 5.74) is -0.0440. The molecule has 23 heavy (non-hydrogen) atoms. The Morgan fingerprint density at radius 3 is 2.30 bits per heavy atom. The van der Waals surface area contributed by atoms with Gasteiger partial charge in [0.15, 0.2) is 11.2 Å². The van der Waals surface area contributed by atoms with Crippen LogP contribution in [0.2, 0.25) is 0 Å². The van der Waals surface area contributed by atoms with Crippen LogP contribution in [-0.2, 0) is 21.1 Å². The Balaban J connectivity index is 2.22. The summed E-state index contributed by atoms with van der Waals surface area (Å²) in [6, 6.07) is 0.359. The van der Waals surface area contributed by atoms with Crippen LogP contribution in [0.3, 0.4) is 0 Å². The van der Waals surface area contributed by atoms with E-state index < -0.39 is 5.69 Å². The molecule has 2 aromatic heterocycles. The van der Waals surface area contributed by atoms with Crippen molar-refractivity contribution in [2.45, 2.75) is 20.3 Å². The summed E-state index contributed by atoms with van der Waals surface area (Å²) >= 11 is 0. The van der Waals surface area contributed by atoms with Crippen molar-refractivity contribution in [3.63, 3.8) is 0 Å². The Morgan fingerprint density at radius 2 is 1.70 bits per heavy atom. The Kier molecular flexibility index (Phi) is 5.25. The van der Waals surface area contributed by atoms with Gasteiger partial charge in [0.2, 0.25) is 0 Å². The Labute approximate surface area is 134 Å². The van der Waals surface area contributed by atoms with Crippen LogP contribution in [-0.4, -0.2) is 49.8 Å². The maximum Gasteiger partial charge on any atom is 0.332 e. The largest absolute Gasteiger partial charge is 0.465 e. The third-order valence-corrected chi connectivity index (χ3v) is 4.18. The molecule has 0 amide bonds. The van der Waals surface area contributed by atoms with E-state index in [2.05, 4.69) is 23.7 Å². The molecule has 0 fully saturated rings. The summed E-state index contributed by atoms with van der Waals surface area (Å²) in [6.45, 7) is 7.76. The third-order valence-electron chi connectivity index (χ3n) is 4.18. The van der Waals surface area contributed by atoms with Crippen LogP contribution in [0, 0.1) is 0 Å². The standard InChI is InChI=1S/C15H25N5O3/c1-6-20(7-2)9-8-10-23-14-16-12-11(17(14)3)13(21)19(5)15(22)18(12)4/h6-10H2,1-5H3. The number of aryl methyl sites for hydroxylation is 2. The van der Waals surface area contributed by atoms with E-state index in [-0.39, 0.29) is 5.56 Å². The zero-order valence-electron chi connectivity index (χ0n) is 14.5. The molecule has 0 saturated heterocycles. The normalized spacial score (nSPS) is 11.6. The molecule has 128 valence electrons. The molecule has 2 rings (SSSR count). The molecule has 8 nitrogen and oxygen atoms in total. The van der Waals surface area contributed by atoms with Crippen LogP contribution in [0.4, 0.5) is 0 Å². The van der Waals surface area contributed by atoms with Crippen LogP contribution in [0.25, 0.3) is 11.2 Å². The minimum Gasteiger partial charge on any atom is -0.465 e. The highest BCUT2D eigenvalue weighted by Crippen LogP contribution is 2.15. The number of hydrogen-bond donors (Lipinski definition) is 0. The third kappa shape index (κ3) is 3.17. The van der Waals surface area contributed by atoms with Crippen LogP contribution in [0.1, 0.15) is 20.3 Å². The topological polar surface area (TPSA) is 74.3 Å². The summed E-state index contributed by atoms with van der Waals surface area (Å²) in [6.07, 6.45) is 0.877. The zero-order valence-corrected chi connectivity index (χ0v) is 14.5. The van der Waals surface area contributed by atoms with E-state index in [0.717, 1.165) is 30.6 Å². The summed E-state index contributed by atoms with van der Waals surface area (Å²) in [5, 5.41) is 0. The van der Waals surface area contributed by atoms with Gasteiger partial charge >= 0.3 is 5.69 Å². The molecule has 0 spiro atoms. The molecule has 0 aliphatic heterocycles. The Morgan fingerprint density at radius 1 is 1.04 bits per heavy atom. The molecule has 0 aliphatic carbocycles. The first-order chi connectivity index (χ1) is 10.9. The average molecular weight is 323 g/mol. The van der Waals surface area contributed by atoms with Gasteiger partial charge in [-0.05, 0) is 19.5 Å². The number of imidazole rings is 1. The average Bonchev–Trinajstić information content (AvgIpc) is 2.88. The molecular weight excluding hydrogens is 298 g/mol. The fraction of sp³-hybridized carbons (Fsp3) is 0.667. The molecular formula is C15H25N5O3. The molecule has 2 aromatic rings. The molecule has 8 heteroatoms. The first-order valence-corrected chi connectivity index (χ1v) is 7.89. The fourth-order valence-electron chi connectivity index (χ4n) is 2.62. The van der Waals surface area contributed by atoms with Gasteiger partial charge in [0.25, 0.3) is 11.6 Å². The van der Waals surface area contributed by atoms with E-state index in [0.29, 0.717) is 23.8 Å². The molecule has 0 aliphatic rings. The van der Waals surface area contributed by atoms with E-state index in [9.17, 15) is 9.59 Å². The van der Waals surface area contributed by atoms with E-state index >= 15 is 0 Å². The number of rotatable bonds is 7. The molecule has 0 atom stereocenters. The van der Waals surface area contributed by atoms with Crippen LogP contribution in [0.15, 0.2) is 9.59 Å². The van der Waals surface area contributed by atoms with Crippen LogP contribution < -0.4 is 16.0 Å². The number of ether oxygens (including phenoxy) is 1. The molecule has 0 aromatic carbocycles. The van der Waals surface area contributed by atoms with Crippen LogP contribution in [0.5, 0.6) is 6.01 Å². The second-order valence-electron chi connectivity index (χ2n) is 5.56. The smallest absolute Gasteiger partial charge is 0.332 e. The van der Waals surface area contributed by atoms with Crippen molar-refractivity contribution in [1.82, 2.24) is 23.6 Å². The highest BCUT2D eigenvalue weighted by molar-refractivity contribution is 5.71. The molecule has 0 bridgehead atoms. The summed E-state index contributed by atoms with van der Waals surface area (Å²) < 4.78 is 9.76. The number of aromatic nitrogens is 4. The van der Waals surface area contributed by atoms with Crippen LogP contribution >= 0.6 is 0 Å². The Bertz CT molecular complexity index is 798. The molecule has 0 radical (unpaired) electrons. The van der Waals surface area contributed by atoms with Gasteiger partial charge in [-0.1, -0.05) is 13.8 Å². The van der Waals surface area contributed by atoms with E-state index in [4.69, 9.17) is 4.74 Å². The maximum atomic E-state index is 12.3. The lowest BCUT2D eigenvalue weighted by atomic mass is 10.4. The van der Waals surface area contributed by atoms with Crippen molar-refractivity contribution in [2.75, 3.05) is 26.2 Å². The number of fused-ring (bicyclic) bond motifs is 1. The van der Waals surface area contributed by atoms with Gasteiger partial charge in [-0.25, -0.2) is 4.79 Å². The zero-order chi connectivity index (χ0) is 17.1. The van der Waals surface area contributed by atoms with E-state index in [1.54, 1.807) is 18.7 Å². The van der Waals surface area contributed by atoms with Crippen molar-refractivity contribution >= 4 is 11.2 Å². The van der Waals surface area contributed by atoms with Gasteiger partial charge in [-0.3, -0.25) is 18.5 Å². The lowest BCUT2D eigenvalue weighted by Crippen LogP contribution is -2.37. The predicted octanol–water partition coefficient (Wildman–Crippen LogP) is 0.0814. The molecule has 2 heterocycles. The highest BCUT2D eigenvalue weighted by atomic mass is 16.5. The number of hydrogen-bond acceptors (Lipinski definition) is 5. The minimum absolute atomic E-state index is 0.347. The van der Waals surface area contributed by atoms with Crippen molar-refractivity contribution in [1.29, 1.82) is 0 Å². The predicted molar refractivity (Wildman–Crippen MR) is 89.1 cm³/mol. The van der Waals surface area contributed by atoms with Gasteiger partial charge in [-0.2, -0.15) is 4.98 Å². The first kappa shape index (κ1) is 17.3. The van der Waals surface area contributed by atoms with Gasteiger partial charge in [0, 0.05) is 27.7 Å². The minimum atomic E-state index is -0.395. The second-order valence-corrected chi connectivity index (χ2v) is 5.56. The highest BCUT2D eigenvalue weighted by Gasteiger charge is 2.17. The van der Waals surface area contributed by atoms with Gasteiger partial charge in [0.1, 0.15) is 0 Å².